The maximum absolute atomic E-state index is 14.1. The van der Waals surface area contributed by atoms with Gasteiger partial charge in [0.25, 0.3) is 0 Å². The van der Waals surface area contributed by atoms with E-state index < -0.39 is 10.0 Å². The van der Waals surface area contributed by atoms with Gasteiger partial charge in [-0.25, -0.2) is 22.8 Å². The molecule has 130 valence electrons. The summed E-state index contributed by atoms with van der Waals surface area (Å²) in [4.78, 5) is 8.59. The van der Waals surface area contributed by atoms with Gasteiger partial charge in [0.1, 0.15) is 5.82 Å². The number of halogens is 1. The van der Waals surface area contributed by atoms with E-state index in [2.05, 4.69) is 14.7 Å². The number of benzene rings is 2. The van der Waals surface area contributed by atoms with Crippen LogP contribution in [0.1, 0.15) is 25.5 Å². The van der Waals surface area contributed by atoms with Crippen molar-refractivity contribution >= 4 is 26.7 Å². The Kier molecular flexibility index (Phi) is 4.43. The van der Waals surface area contributed by atoms with Crippen LogP contribution in [0, 0.1) is 5.82 Å². The van der Waals surface area contributed by atoms with Crippen molar-refractivity contribution in [3.63, 3.8) is 0 Å². The average molecular weight is 359 g/mol. The highest BCUT2D eigenvalue weighted by atomic mass is 32.2. The lowest BCUT2D eigenvalue weighted by Gasteiger charge is -2.12. The standard InChI is InChI=1S/C18H18FN3O2S/c1-11(2)16-10-17(21-18(20-16)22-25(3,23)24)14-8-9-15(19)13-7-5-4-6-12(13)14/h4-11H,1-3H3,(H,20,21,22). The van der Waals surface area contributed by atoms with E-state index in [4.69, 9.17) is 0 Å². The third-order valence-electron chi connectivity index (χ3n) is 3.76. The van der Waals surface area contributed by atoms with Crippen LogP contribution < -0.4 is 4.72 Å². The summed E-state index contributed by atoms with van der Waals surface area (Å²) in [6.07, 6.45) is 1.05. The quantitative estimate of drug-likeness (QED) is 0.766. The lowest BCUT2D eigenvalue weighted by atomic mass is 10.00. The van der Waals surface area contributed by atoms with Gasteiger partial charge in [-0.1, -0.05) is 38.1 Å². The molecule has 1 heterocycles. The Morgan fingerprint density at radius 2 is 1.72 bits per heavy atom. The van der Waals surface area contributed by atoms with Crippen molar-refractivity contribution in [1.29, 1.82) is 0 Å². The summed E-state index contributed by atoms with van der Waals surface area (Å²) in [5.74, 6) is -0.224. The first kappa shape index (κ1) is 17.3. The van der Waals surface area contributed by atoms with Crippen molar-refractivity contribution in [2.24, 2.45) is 0 Å². The predicted molar refractivity (Wildman–Crippen MR) is 97.5 cm³/mol. The molecular weight excluding hydrogens is 341 g/mol. The van der Waals surface area contributed by atoms with Crippen LogP contribution in [0.3, 0.4) is 0 Å². The Labute approximate surface area is 146 Å². The molecule has 0 spiro atoms. The fraction of sp³-hybridized carbons (Fsp3) is 0.222. The summed E-state index contributed by atoms with van der Waals surface area (Å²) in [7, 11) is -3.50. The van der Waals surface area contributed by atoms with E-state index in [1.165, 1.54) is 6.07 Å². The van der Waals surface area contributed by atoms with Crippen LogP contribution in [0.4, 0.5) is 10.3 Å². The van der Waals surface area contributed by atoms with Crippen LogP contribution in [-0.2, 0) is 10.0 Å². The van der Waals surface area contributed by atoms with Gasteiger partial charge in [0.2, 0.25) is 16.0 Å². The molecule has 5 nitrogen and oxygen atoms in total. The van der Waals surface area contributed by atoms with Crippen LogP contribution in [0.5, 0.6) is 0 Å². The molecule has 0 atom stereocenters. The molecule has 0 fully saturated rings. The molecule has 0 radical (unpaired) electrons. The topological polar surface area (TPSA) is 72.0 Å². The number of hydrogen-bond acceptors (Lipinski definition) is 4. The summed E-state index contributed by atoms with van der Waals surface area (Å²) < 4.78 is 39.5. The maximum Gasteiger partial charge on any atom is 0.237 e. The van der Waals surface area contributed by atoms with Crippen molar-refractivity contribution in [2.45, 2.75) is 19.8 Å². The third kappa shape index (κ3) is 3.76. The lowest BCUT2D eigenvalue weighted by molar-refractivity contribution is 0.606. The summed E-state index contributed by atoms with van der Waals surface area (Å²) in [5.41, 5.74) is 1.96. The molecular formula is C18H18FN3O2S. The number of rotatable bonds is 4. The lowest BCUT2D eigenvalue weighted by Crippen LogP contribution is -2.13. The summed E-state index contributed by atoms with van der Waals surface area (Å²) in [6.45, 7) is 3.91. The van der Waals surface area contributed by atoms with Crippen LogP contribution in [-0.4, -0.2) is 24.6 Å². The molecule has 7 heteroatoms. The van der Waals surface area contributed by atoms with Gasteiger partial charge < -0.3 is 0 Å². The Morgan fingerprint density at radius 3 is 2.36 bits per heavy atom. The second-order valence-electron chi connectivity index (χ2n) is 6.17. The molecule has 2 aromatic carbocycles. The zero-order valence-corrected chi connectivity index (χ0v) is 14.9. The van der Waals surface area contributed by atoms with Gasteiger partial charge in [-0.2, -0.15) is 0 Å². The molecule has 3 rings (SSSR count). The molecule has 1 N–H and O–H groups in total. The third-order valence-corrected chi connectivity index (χ3v) is 4.31. The zero-order chi connectivity index (χ0) is 18.2. The minimum Gasteiger partial charge on any atom is -0.251 e. The summed E-state index contributed by atoms with van der Waals surface area (Å²) in [6, 6.07) is 11.9. The number of nitrogens with zero attached hydrogens (tertiary/aromatic N) is 2. The number of fused-ring (bicyclic) bond motifs is 1. The number of hydrogen-bond donors (Lipinski definition) is 1. The van der Waals surface area contributed by atoms with E-state index in [0.29, 0.717) is 22.2 Å². The van der Waals surface area contributed by atoms with E-state index in [9.17, 15) is 12.8 Å². The van der Waals surface area contributed by atoms with Gasteiger partial charge in [-0.3, -0.25) is 4.72 Å². The van der Waals surface area contributed by atoms with Gasteiger partial charge >= 0.3 is 0 Å². The molecule has 0 amide bonds. The first-order valence-corrected chi connectivity index (χ1v) is 9.68. The second kappa shape index (κ2) is 6.40. The van der Waals surface area contributed by atoms with Gasteiger partial charge in [-0.05, 0) is 29.5 Å². The second-order valence-corrected chi connectivity index (χ2v) is 7.92. The van der Waals surface area contributed by atoms with Crippen molar-refractivity contribution < 1.29 is 12.8 Å². The minimum absolute atomic E-state index is 0.0112. The number of sulfonamides is 1. The monoisotopic (exact) mass is 359 g/mol. The molecule has 3 aromatic rings. The molecule has 0 saturated heterocycles. The average Bonchev–Trinajstić information content (AvgIpc) is 2.53. The fourth-order valence-corrected chi connectivity index (χ4v) is 3.02. The summed E-state index contributed by atoms with van der Waals surface area (Å²) >= 11 is 0. The number of aromatic nitrogens is 2. The largest absolute Gasteiger partial charge is 0.251 e. The Morgan fingerprint density at radius 1 is 1.04 bits per heavy atom. The van der Waals surface area contributed by atoms with Crippen molar-refractivity contribution in [3.8, 4) is 11.3 Å². The highest BCUT2D eigenvalue weighted by molar-refractivity contribution is 7.91. The smallest absolute Gasteiger partial charge is 0.237 e. The maximum atomic E-state index is 14.1. The predicted octanol–water partition coefficient (Wildman–Crippen LogP) is 3.93. The summed E-state index contributed by atoms with van der Waals surface area (Å²) in [5, 5.41) is 1.20. The van der Waals surface area contributed by atoms with Crippen LogP contribution >= 0.6 is 0 Å². The SMILES string of the molecule is CC(C)c1cc(-c2ccc(F)c3ccccc23)nc(NS(C)(=O)=O)n1. The normalized spacial score (nSPS) is 11.9. The molecule has 0 aliphatic carbocycles. The van der Waals surface area contributed by atoms with Gasteiger partial charge in [0.05, 0.1) is 11.9 Å². The highest BCUT2D eigenvalue weighted by Gasteiger charge is 2.14. The first-order valence-electron chi connectivity index (χ1n) is 7.79. The van der Waals surface area contributed by atoms with Crippen LogP contribution in [0.25, 0.3) is 22.0 Å². The van der Waals surface area contributed by atoms with Crippen molar-refractivity contribution in [3.05, 3.63) is 54.0 Å². The fourth-order valence-electron chi connectivity index (χ4n) is 2.60. The Hall–Kier alpha value is -2.54. The molecule has 25 heavy (non-hydrogen) atoms. The van der Waals surface area contributed by atoms with Crippen molar-refractivity contribution in [1.82, 2.24) is 9.97 Å². The van der Waals surface area contributed by atoms with E-state index in [1.807, 2.05) is 26.0 Å². The minimum atomic E-state index is -3.50. The molecule has 0 bridgehead atoms. The highest BCUT2D eigenvalue weighted by Crippen LogP contribution is 2.31. The van der Waals surface area contributed by atoms with E-state index in [-0.39, 0.29) is 17.7 Å². The van der Waals surface area contributed by atoms with E-state index in [1.54, 1.807) is 24.3 Å². The Balaban J connectivity index is 2.25. The number of nitrogens with one attached hydrogen (secondary N) is 1. The van der Waals surface area contributed by atoms with Gasteiger partial charge in [0.15, 0.2) is 0 Å². The molecule has 0 aliphatic heterocycles. The Bertz CT molecular complexity index is 1050. The molecule has 0 saturated carbocycles. The number of anilines is 1. The van der Waals surface area contributed by atoms with Crippen LogP contribution in [0.15, 0.2) is 42.5 Å². The van der Waals surface area contributed by atoms with Gasteiger partial charge in [0, 0.05) is 16.6 Å². The van der Waals surface area contributed by atoms with E-state index in [0.717, 1.165) is 11.8 Å². The van der Waals surface area contributed by atoms with Gasteiger partial charge in [-0.15, -0.1) is 0 Å². The van der Waals surface area contributed by atoms with Crippen molar-refractivity contribution in [2.75, 3.05) is 11.0 Å². The molecule has 0 aliphatic rings. The molecule has 0 unspecified atom stereocenters. The first-order chi connectivity index (χ1) is 11.7. The van der Waals surface area contributed by atoms with E-state index >= 15 is 0 Å². The van der Waals surface area contributed by atoms with Crippen LogP contribution in [0.2, 0.25) is 0 Å². The molecule has 1 aromatic heterocycles. The zero-order valence-electron chi connectivity index (χ0n) is 14.1.